The van der Waals surface area contributed by atoms with Gasteiger partial charge < -0.3 is 4.74 Å². The van der Waals surface area contributed by atoms with Crippen molar-refractivity contribution in [1.29, 1.82) is 0 Å². The number of Topliss-reactive ketones (excluding diaryl/α,β-unsaturated/α-hetero) is 1. The highest BCUT2D eigenvalue weighted by atomic mass is 16.5. The molecule has 0 unspecified atom stereocenters. The fraction of sp³-hybridized carbons (Fsp3) is 0.846. The summed E-state index contributed by atoms with van der Waals surface area (Å²) in [5, 5.41) is 0. The maximum atomic E-state index is 12.2. The molecule has 3 atom stereocenters. The Bertz CT molecular complexity index is 368. The van der Waals surface area contributed by atoms with E-state index in [1.54, 1.807) is 0 Å². The van der Waals surface area contributed by atoms with Crippen molar-refractivity contribution in [2.45, 2.75) is 38.1 Å². The molecule has 4 nitrogen and oxygen atoms in total. The van der Waals surface area contributed by atoms with Crippen molar-refractivity contribution in [3.63, 3.8) is 0 Å². The molecule has 2 aliphatic heterocycles. The van der Waals surface area contributed by atoms with Crippen molar-refractivity contribution < 1.29 is 14.3 Å². The maximum Gasteiger partial charge on any atom is 0.313 e. The molecule has 4 heteroatoms. The van der Waals surface area contributed by atoms with Crippen LogP contribution in [0.15, 0.2) is 0 Å². The second kappa shape index (κ2) is 3.80. The van der Waals surface area contributed by atoms with Gasteiger partial charge in [0, 0.05) is 18.4 Å². The summed E-state index contributed by atoms with van der Waals surface area (Å²) in [6.07, 6.45) is 4.12. The molecule has 1 aliphatic carbocycles. The van der Waals surface area contributed by atoms with E-state index in [-0.39, 0.29) is 23.3 Å². The highest BCUT2D eigenvalue weighted by Gasteiger charge is 2.59. The first kappa shape index (κ1) is 11.2. The zero-order valence-electron chi connectivity index (χ0n) is 10.3. The predicted octanol–water partition coefficient (Wildman–Crippen LogP) is 0.993. The molecule has 0 radical (unpaired) electrons. The van der Waals surface area contributed by atoms with E-state index in [9.17, 15) is 9.59 Å². The summed E-state index contributed by atoms with van der Waals surface area (Å²) >= 11 is 0. The van der Waals surface area contributed by atoms with Crippen LogP contribution < -0.4 is 0 Å². The largest absolute Gasteiger partial charge is 0.469 e. The molecule has 94 valence electrons. The molecule has 3 fully saturated rings. The van der Waals surface area contributed by atoms with Crippen molar-refractivity contribution in [3.05, 3.63) is 0 Å². The number of ether oxygens (including phenoxy) is 1. The summed E-state index contributed by atoms with van der Waals surface area (Å²) in [6, 6.07) is 0.130. The highest BCUT2D eigenvalue weighted by molar-refractivity contribution is 5.88. The first-order chi connectivity index (χ1) is 8.19. The Kier molecular flexibility index (Phi) is 2.51. The van der Waals surface area contributed by atoms with Crippen LogP contribution in [0.25, 0.3) is 0 Å². The van der Waals surface area contributed by atoms with Crippen molar-refractivity contribution in [2.24, 2.45) is 11.3 Å². The molecule has 0 aromatic heterocycles. The number of ketones is 1. The van der Waals surface area contributed by atoms with Crippen LogP contribution >= 0.6 is 0 Å². The van der Waals surface area contributed by atoms with Gasteiger partial charge in [0.1, 0.15) is 5.78 Å². The summed E-state index contributed by atoms with van der Waals surface area (Å²) in [7, 11) is 1.47. The first-order valence-electron chi connectivity index (χ1n) is 6.54. The standard InChI is InChI=1S/C13H19NO3/c1-17-12(16)13-5-2-7-14-8-4-9(11(13)14)10(15)3-6-13/h9,11H,2-8H2,1H3/t9-,11-,13-/m1/s1. The summed E-state index contributed by atoms with van der Waals surface area (Å²) in [4.78, 5) is 26.5. The van der Waals surface area contributed by atoms with Gasteiger partial charge in [-0.15, -0.1) is 0 Å². The number of rotatable bonds is 1. The average molecular weight is 237 g/mol. The minimum atomic E-state index is -0.387. The summed E-state index contributed by atoms with van der Waals surface area (Å²) in [5.41, 5.74) is -0.387. The zero-order chi connectivity index (χ0) is 12.0. The van der Waals surface area contributed by atoms with Crippen LogP contribution in [-0.2, 0) is 14.3 Å². The van der Waals surface area contributed by atoms with Gasteiger partial charge in [-0.05, 0) is 38.8 Å². The maximum absolute atomic E-state index is 12.2. The van der Waals surface area contributed by atoms with Gasteiger partial charge in [0.05, 0.1) is 12.5 Å². The fourth-order valence-electron chi connectivity index (χ4n) is 4.26. The summed E-state index contributed by atoms with van der Waals surface area (Å²) in [5.74, 6) is 0.355. The lowest BCUT2D eigenvalue weighted by Crippen LogP contribution is -2.59. The van der Waals surface area contributed by atoms with Crippen LogP contribution in [0, 0.1) is 11.3 Å². The van der Waals surface area contributed by atoms with E-state index in [0.717, 1.165) is 32.4 Å². The molecule has 0 aromatic rings. The monoisotopic (exact) mass is 237 g/mol. The van der Waals surface area contributed by atoms with E-state index >= 15 is 0 Å². The third kappa shape index (κ3) is 1.39. The number of carbonyl (C=O) groups is 2. The molecule has 2 saturated heterocycles. The Balaban J connectivity index is 2.00. The number of hydrogen-bond donors (Lipinski definition) is 0. The smallest absolute Gasteiger partial charge is 0.313 e. The Labute approximate surface area is 101 Å². The number of piperidine rings is 1. The fourth-order valence-corrected chi connectivity index (χ4v) is 4.26. The Hall–Kier alpha value is -0.900. The molecular formula is C13H19NO3. The van der Waals surface area contributed by atoms with E-state index in [1.807, 2.05) is 0 Å². The van der Waals surface area contributed by atoms with Gasteiger partial charge in [0.15, 0.2) is 0 Å². The third-order valence-electron chi connectivity index (χ3n) is 4.96. The Morgan fingerprint density at radius 1 is 1.41 bits per heavy atom. The molecule has 0 amide bonds. The lowest BCUT2D eigenvalue weighted by molar-refractivity contribution is -0.166. The van der Waals surface area contributed by atoms with Gasteiger partial charge >= 0.3 is 5.97 Å². The van der Waals surface area contributed by atoms with E-state index < -0.39 is 0 Å². The molecule has 3 aliphatic rings. The number of carbonyl (C=O) groups excluding carboxylic acids is 2. The SMILES string of the molecule is COC(=O)[C@]12CCCN3CC[C@H](C(=O)CC1)[C@@H]32. The van der Waals surface area contributed by atoms with Crippen molar-refractivity contribution in [3.8, 4) is 0 Å². The Morgan fingerprint density at radius 3 is 3.00 bits per heavy atom. The molecule has 2 heterocycles. The minimum Gasteiger partial charge on any atom is -0.469 e. The van der Waals surface area contributed by atoms with E-state index in [1.165, 1.54) is 7.11 Å². The quantitative estimate of drug-likeness (QED) is 0.638. The number of methoxy groups -OCH3 is 1. The molecule has 0 aromatic carbocycles. The lowest BCUT2D eigenvalue weighted by Gasteiger charge is -2.49. The van der Waals surface area contributed by atoms with Crippen LogP contribution in [-0.4, -0.2) is 42.9 Å². The van der Waals surface area contributed by atoms with Gasteiger partial charge in [-0.1, -0.05) is 0 Å². The van der Waals surface area contributed by atoms with Crippen LogP contribution in [0.5, 0.6) is 0 Å². The second-order valence-electron chi connectivity index (χ2n) is 5.59. The second-order valence-corrected chi connectivity index (χ2v) is 5.59. The summed E-state index contributed by atoms with van der Waals surface area (Å²) in [6.45, 7) is 2.01. The molecular weight excluding hydrogens is 218 g/mol. The van der Waals surface area contributed by atoms with Gasteiger partial charge in [0.2, 0.25) is 0 Å². The van der Waals surface area contributed by atoms with Crippen molar-refractivity contribution >= 4 is 11.8 Å². The Morgan fingerprint density at radius 2 is 2.24 bits per heavy atom. The minimum absolute atomic E-state index is 0.0862. The normalized spacial score (nSPS) is 41.1. The third-order valence-corrected chi connectivity index (χ3v) is 4.96. The van der Waals surface area contributed by atoms with E-state index in [4.69, 9.17) is 4.74 Å². The average Bonchev–Trinajstić information content (AvgIpc) is 2.79. The molecule has 0 N–H and O–H groups in total. The van der Waals surface area contributed by atoms with Crippen LogP contribution in [0.2, 0.25) is 0 Å². The molecule has 0 spiro atoms. The molecule has 3 rings (SSSR count). The van der Waals surface area contributed by atoms with Crippen LogP contribution in [0.4, 0.5) is 0 Å². The number of nitrogens with zero attached hydrogens (tertiary/aromatic N) is 1. The van der Waals surface area contributed by atoms with E-state index in [0.29, 0.717) is 18.6 Å². The highest BCUT2D eigenvalue weighted by Crippen LogP contribution is 2.51. The van der Waals surface area contributed by atoms with Gasteiger partial charge in [-0.3, -0.25) is 14.5 Å². The van der Waals surface area contributed by atoms with Crippen molar-refractivity contribution in [2.75, 3.05) is 20.2 Å². The summed E-state index contributed by atoms with van der Waals surface area (Å²) < 4.78 is 5.03. The zero-order valence-corrected chi connectivity index (χ0v) is 10.3. The van der Waals surface area contributed by atoms with Gasteiger partial charge in [-0.25, -0.2) is 0 Å². The molecule has 0 bridgehead atoms. The van der Waals surface area contributed by atoms with E-state index in [2.05, 4.69) is 4.90 Å². The number of esters is 1. The van der Waals surface area contributed by atoms with Gasteiger partial charge in [0.25, 0.3) is 0 Å². The van der Waals surface area contributed by atoms with Crippen molar-refractivity contribution in [1.82, 2.24) is 4.90 Å². The molecule has 1 saturated carbocycles. The molecule has 17 heavy (non-hydrogen) atoms. The first-order valence-corrected chi connectivity index (χ1v) is 6.54. The topological polar surface area (TPSA) is 46.6 Å². The predicted molar refractivity (Wildman–Crippen MR) is 61.4 cm³/mol. The van der Waals surface area contributed by atoms with Crippen LogP contribution in [0.1, 0.15) is 32.1 Å². The lowest BCUT2D eigenvalue weighted by atomic mass is 9.62. The van der Waals surface area contributed by atoms with Gasteiger partial charge in [-0.2, -0.15) is 0 Å². The number of hydrogen-bond acceptors (Lipinski definition) is 4. The van der Waals surface area contributed by atoms with Crippen LogP contribution in [0.3, 0.4) is 0 Å².